The predicted octanol–water partition coefficient (Wildman–Crippen LogP) is 0.462. The molecule has 0 atom stereocenters. The first-order valence-corrected chi connectivity index (χ1v) is 7.16. The highest BCUT2D eigenvalue weighted by atomic mass is 16.2. The summed E-state index contributed by atoms with van der Waals surface area (Å²) >= 11 is 0. The van der Waals surface area contributed by atoms with Crippen molar-refractivity contribution in [1.82, 2.24) is 24.2 Å². The fourth-order valence-electron chi connectivity index (χ4n) is 2.76. The Bertz CT molecular complexity index is 662. The molecular formula is C14H19N5O2. The number of amides is 1. The molecule has 0 aliphatic carbocycles. The van der Waals surface area contributed by atoms with Crippen LogP contribution in [0.15, 0.2) is 29.5 Å². The zero-order valence-corrected chi connectivity index (χ0v) is 12.0. The summed E-state index contributed by atoms with van der Waals surface area (Å²) in [5.74, 6) is 0.453. The molecule has 3 rings (SSSR count). The third-order valence-corrected chi connectivity index (χ3v) is 4.02. The van der Waals surface area contributed by atoms with E-state index in [9.17, 15) is 9.59 Å². The fraction of sp³-hybridized carbons (Fsp3) is 0.500. The van der Waals surface area contributed by atoms with Crippen LogP contribution in [0.2, 0.25) is 0 Å². The van der Waals surface area contributed by atoms with Crippen molar-refractivity contribution >= 4 is 5.91 Å². The first-order chi connectivity index (χ1) is 10.1. The van der Waals surface area contributed by atoms with Crippen molar-refractivity contribution in [3.63, 3.8) is 0 Å². The van der Waals surface area contributed by atoms with Gasteiger partial charge in [-0.3, -0.25) is 9.48 Å². The molecule has 0 bridgehead atoms. The maximum Gasteiger partial charge on any atom is 0.325 e. The number of H-pyrrole nitrogens is 1. The molecule has 0 radical (unpaired) electrons. The van der Waals surface area contributed by atoms with Gasteiger partial charge < -0.3 is 14.5 Å². The molecule has 1 amide bonds. The van der Waals surface area contributed by atoms with Crippen LogP contribution < -0.4 is 5.69 Å². The van der Waals surface area contributed by atoms with Gasteiger partial charge >= 0.3 is 5.69 Å². The second-order valence-electron chi connectivity index (χ2n) is 5.55. The Hall–Kier alpha value is -2.31. The number of carbonyl (C=O) groups excluding carboxylic acids is 1. The van der Waals surface area contributed by atoms with E-state index in [1.165, 1.54) is 4.57 Å². The van der Waals surface area contributed by atoms with Crippen LogP contribution in [-0.4, -0.2) is 43.2 Å². The van der Waals surface area contributed by atoms with Gasteiger partial charge in [0.05, 0.1) is 0 Å². The van der Waals surface area contributed by atoms with E-state index in [0.717, 1.165) is 32.5 Å². The number of hydrogen-bond donors (Lipinski definition) is 1. The van der Waals surface area contributed by atoms with Gasteiger partial charge in [0, 0.05) is 45.3 Å². The summed E-state index contributed by atoms with van der Waals surface area (Å²) in [5, 5.41) is 4.22. The van der Waals surface area contributed by atoms with Crippen LogP contribution in [0.5, 0.6) is 0 Å². The molecule has 21 heavy (non-hydrogen) atoms. The van der Waals surface area contributed by atoms with Gasteiger partial charge in [-0.2, -0.15) is 5.10 Å². The fourth-order valence-corrected chi connectivity index (χ4v) is 2.76. The molecule has 3 heterocycles. The van der Waals surface area contributed by atoms with Gasteiger partial charge in [0.15, 0.2) is 0 Å². The number of nitrogens with zero attached hydrogens (tertiary/aromatic N) is 4. The average Bonchev–Trinajstić information content (AvgIpc) is 3.10. The average molecular weight is 289 g/mol. The SMILES string of the molecule is Cn1cc(C(=O)N2CCC(Cn3cccn3)CC2)[nH]c1=O. The highest BCUT2D eigenvalue weighted by Crippen LogP contribution is 2.19. The molecule has 1 fully saturated rings. The maximum atomic E-state index is 12.3. The van der Waals surface area contributed by atoms with E-state index in [0.29, 0.717) is 11.6 Å². The van der Waals surface area contributed by atoms with Crippen LogP contribution in [0.1, 0.15) is 23.3 Å². The number of carbonyl (C=O) groups is 1. The topological polar surface area (TPSA) is 75.9 Å². The quantitative estimate of drug-likeness (QED) is 0.892. The maximum absolute atomic E-state index is 12.3. The number of piperidine rings is 1. The van der Waals surface area contributed by atoms with Gasteiger partial charge in [-0.1, -0.05) is 0 Å². The second-order valence-corrected chi connectivity index (χ2v) is 5.55. The monoisotopic (exact) mass is 289 g/mol. The zero-order chi connectivity index (χ0) is 14.8. The number of hydrogen-bond acceptors (Lipinski definition) is 3. The van der Waals surface area contributed by atoms with Crippen molar-refractivity contribution in [2.45, 2.75) is 19.4 Å². The van der Waals surface area contributed by atoms with Gasteiger partial charge in [0.2, 0.25) is 0 Å². The molecular weight excluding hydrogens is 270 g/mol. The standard InChI is InChI=1S/C14H19N5O2/c1-17-10-12(16-14(17)21)13(20)18-7-3-11(4-8-18)9-19-6-2-5-15-19/h2,5-6,10-11H,3-4,7-9H2,1H3,(H,16,21). The van der Waals surface area contributed by atoms with Gasteiger partial charge in [-0.15, -0.1) is 0 Å². The summed E-state index contributed by atoms with van der Waals surface area (Å²) < 4.78 is 3.33. The summed E-state index contributed by atoms with van der Waals surface area (Å²) in [5.41, 5.74) is 0.111. The number of rotatable bonds is 3. The van der Waals surface area contributed by atoms with Crippen molar-refractivity contribution in [1.29, 1.82) is 0 Å². The van der Waals surface area contributed by atoms with E-state index >= 15 is 0 Å². The summed E-state index contributed by atoms with van der Waals surface area (Å²) in [7, 11) is 1.63. The number of imidazole rings is 1. The van der Waals surface area contributed by atoms with Crippen LogP contribution in [0.3, 0.4) is 0 Å². The predicted molar refractivity (Wildman–Crippen MR) is 76.9 cm³/mol. The third kappa shape index (κ3) is 2.91. The molecule has 0 spiro atoms. The second kappa shape index (κ2) is 5.59. The van der Waals surface area contributed by atoms with Crippen molar-refractivity contribution in [3.8, 4) is 0 Å². The molecule has 0 unspecified atom stereocenters. The van der Waals surface area contributed by atoms with Crippen LogP contribution in [-0.2, 0) is 13.6 Å². The lowest BCUT2D eigenvalue weighted by molar-refractivity contribution is 0.0675. The molecule has 2 aromatic rings. The van der Waals surface area contributed by atoms with Crippen molar-refractivity contribution in [2.75, 3.05) is 13.1 Å². The summed E-state index contributed by atoms with van der Waals surface area (Å²) in [6, 6.07) is 1.92. The Morgan fingerprint density at radius 2 is 2.19 bits per heavy atom. The van der Waals surface area contributed by atoms with E-state index < -0.39 is 0 Å². The van der Waals surface area contributed by atoms with Crippen LogP contribution in [0.25, 0.3) is 0 Å². The number of nitrogens with one attached hydrogen (secondary N) is 1. The van der Waals surface area contributed by atoms with E-state index in [2.05, 4.69) is 10.1 Å². The third-order valence-electron chi connectivity index (χ3n) is 4.02. The van der Waals surface area contributed by atoms with Crippen LogP contribution in [0, 0.1) is 5.92 Å². The molecule has 1 saturated heterocycles. The lowest BCUT2D eigenvalue weighted by Gasteiger charge is -2.31. The summed E-state index contributed by atoms with van der Waals surface area (Å²) in [4.78, 5) is 28.1. The number of likely N-dealkylation sites (tertiary alicyclic amines) is 1. The molecule has 0 aromatic carbocycles. The minimum absolute atomic E-state index is 0.0924. The van der Waals surface area contributed by atoms with Crippen LogP contribution in [0.4, 0.5) is 0 Å². The Morgan fingerprint density at radius 3 is 2.76 bits per heavy atom. The largest absolute Gasteiger partial charge is 0.337 e. The van der Waals surface area contributed by atoms with Crippen molar-refractivity contribution in [3.05, 3.63) is 40.8 Å². The zero-order valence-electron chi connectivity index (χ0n) is 12.0. The Labute approximate surface area is 122 Å². The minimum atomic E-state index is -0.257. The Morgan fingerprint density at radius 1 is 1.43 bits per heavy atom. The van der Waals surface area contributed by atoms with Crippen molar-refractivity contribution < 1.29 is 4.79 Å². The highest BCUT2D eigenvalue weighted by Gasteiger charge is 2.25. The molecule has 2 aromatic heterocycles. The molecule has 1 aliphatic rings. The van der Waals surface area contributed by atoms with E-state index in [-0.39, 0.29) is 11.6 Å². The molecule has 1 aliphatic heterocycles. The molecule has 7 nitrogen and oxygen atoms in total. The molecule has 7 heteroatoms. The van der Waals surface area contributed by atoms with E-state index in [1.807, 2.05) is 21.8 Å². The van der Waals surface area contributed by atoms with Crippen molar-refractivity contribution in [2.24, 2.45) is 13.0 Å². The normalized spacial score (nSPS) is 16.3. The minimum Gasteiger partial charge on any atom is -0.337 e. The summed E-state index contributed by atoms with van der Waals surface area (Å²) in [6.45, 7) is 2.35. The molecule has 1 N–H and O–H groups in total. The van der Waals surface area contributed by atoms with Gasteiger partial charge in [0.1, 0.15) is 5.69 Å². The van der Waals surface area contributed by atoms with Crippen LogP contribution >= 0.6 is 0 Å². The lowest BCUT2D eigenvalue weighted by Crippen LogP contribution is -2.39. The number of aromatic amines is 1. The van der Waals surface area contributed by atoms with E-state index in [4.69, 9.17) is 0 Å². The van der Waals surface area contributed by atoms with E-state index in [1.54, 1.807) is 19.4 Å². The molecule has 0 saturated carbocycles. The smallest absolute Gasteiger partial charge is 0.325 e. The first-order valence-electron chi connectivity index (χ1n) is 7.16. The number of aryl methyl sites for hydroxylation is 1. The Kier molecular flexibility index (Phi) is 3.64. The first kappa shape index (κ1) is 13.7. The van der Waals surface area contributed by atoms with Gasteiger partial charge in [-0.05, 0) is 24.8 Å². The summed E-state index contributed by atoms with van der Waals surface area (Å²) in [6.07, 6.45) is 7.22. The van der Waals surface area contributed by atoms with Gasteiger partial charge in [0.25, 0.3) is 5.91 Å². The molecule has 112 valence electrons. The number of aromatic nitrogens is 4. The highest BCUT2D eigenvalue weighted by molar-refractivity contribution is 5.92. The Balaban J connectivity index is 1.58. The lowest BCUT2D eigenvalue weighted by atomic mass is 9.96. The van der Waals surface area contributed by atoms with Gasteiger partial charge in [-0.25, -0.2) is 4.79 Å².